The first-order valence-electron chi connectivity index (χ1n) is 16.4. The van der Waals surface area contributed by atoms with E-state index in [1.165, 1.54) is 0 Å². The van der Waals surface area contributed by atoms with E-state index in [-0.39, 0.29) is 38.5 Å². The van der Waals surface area contributed by atoms with Crippen molar-refractivity contribution in [3.63, 3.8) is 0 Å². The molecule has 0 aliphatic rings. The second kappa shape index (κ2) is 22.0. The van der Waals surface area contributed by atoms with Crippen LogP contribution in [0.5, 0.6) is 0 Å². The van der Waals surface area contributed by atoms with Crippen LogP contribution in [-0.4, -0.2) is 59.1 Å². The van der Waals surface area contributed by atoms with E-state index in [0.29, 0.717) is 19.3 Å². The third kappa shape index (κ3) is 16.3. The van der Waals surface area contributed by atoms with E-state index in [0.717, 1.165) is 39.8 Å². The minimum absolute atomic E-state index is 0.0279. The van der Waals surface area contributed by atoms with Crippen LogP contribution in [0.2, 0.25) is 0 Å². The molecule has 0 saturated heterocycles. The molecule has 0 aliphatic carbocycles. The number of aliphatic hydroxyl groups is 2. The lowest BCUT2D eigenvalue weighted by molar-refractivity contribution is -0.241. The summed E-state index contributed by atoms with van der Waals surface area (Å²) in [7, 11) is 0. The van der Waals surface area contributed by atoms with Crippen molar-refractivity contribution in [2.24, 2.45) is 0 Å². The van der Waals surface area contributed by atoms with Crippen LogP contribution in [-0.2, 0) is 53.3 Å². The zero-order valence-electron chi connectivity index (χ0n) is 28.2. The van der Waals surface area contributed by atoms with Gasteiger partial charge in [0.25, 0.3) is 0 Å². The molecule has 5 N–H and O–H groups in total. The van der Waals surface area contributed by atoms with Crippen LogP contribution in [0.15, 0.2) is 109 Å². The molecule has 0 heterocycles. The van der Waals surface area contributed by atoms with E-state index in [1.807, 2.05) is 123 Å². The molecule has 0 fully saturated rings. The average Bonchev–Trinajstić information content (AvgIpc) is 3.11. The second-order valence-electron chi connectivity index (χ2n) is 11.9. The zero-order chi connectivity index (χ0) is 35.3. The first kappa shape index (κ1) is 38.7. The minimum atomic E-state index is -0.731. The van der Waals surface area contributed by atoms with Crippen LogP contribution < -0.4 is 10.6 Å². The Morgan fingerprint density at radius 1 is 0.592 bits per heavy atom. The van der Waals surface area contributed by atoms with Gasteiger partial charge in [0.05, 0.1) is 19.3 Å². The van der Waals surface area contributed by atoms with Crippen molar-refractivity contribution in [3.8, 4) is 0 Å². The number of nitrogens with one attached hydrogen (secondary N) is 2. The lowest BCUT2D eigenvalue weighted by atomic mass is 10.0. The molecule has 0 unspecified atom stereocenters. The van der Waals surface area contributed by atoms with Crippen LogP contribution in [0.1, 0.15) is 47.2 Å². The molecule has 0 aliphatic heterocycles. The lowest BCUT2D eigenvalue weighted by Gasteiger charge is -2.15. The summed E-state index contributed by atoms with van der Waals surface area (Å²) in [4.78, 5) is 27.7. The van der Waals surface area contributed by atoms with Crippen LogP contribution in [0.3, 0.4) is 0 Å². The van der Waals surface area contributed by atoms with Crippen molar-refractivity contribution in [1.82, 2.24) is 10.6 Å². The number of hydrogen-bond donors (Lipinski definition) is 5. The summed E-state index contributed by atoms with van der Waals surface area (Å²) in [5.41, 5.74) is 6.18. The third-order valence-corrected chi connectivity index (χ3v) is 7.45. The standard InChI is InChI=1S/C20H25NO4.C19H23NO4/c1-15(21-20(24)25-14-18-5-3-2-4-6-18)11-16-7-9-17(10-8-16)12-19(23)13-22;1-15(13-17-9-7-16(8-10-17)11-12-24-22)20-19(21)23-14-18-5-3-2-4-6-18/h2-10,15,19,22-23H,11-14H2,1H3,(H,21,24);2-10,15,22H,11-14H2,1H3,(H,20,21)/t15-,19+;15-/m11/s1. The maximum atomic E-state index is 11.8. The normalized spacial score (nSPS) is 12.4. The van der Waals surface area contributed by atoms with E-state index in [1.54, 1.807) is 0 Å². The maximum Gasteiger partial charge on any atom is 0.407 e. The molecule has 3 atom stereocenters. The number of carbonyl (C=O) groups excluding carboxylic acids is 2. The van der Waals surface area contributed by atoms with Crippen LogP contribution in [0.25, 0.3) is 0 Å². The minimum Gasteiger partial charge on any atom is -0.445 e. The molecular formula is C39H48N2O8. The Morgan fingerprint density at radius 2 is 0.980 bits per heavy atom. The third-order valence-electron chi connectivity index (χ3n) is 7.45. The Morgan fingerprint density at radius 3 is 1.37 bits per heavy atom. The summed E-state index contributed by atoms with van der Waals surface area (Å²) in [5, 5.41) is 32.3. The van der Waals surface area contributed by atoms with E-state index < -0.39 is 18.3 Å². The predicted octanol–water partition coefficient (Wildman–Crippen LogP) is 6.02. The van der Waals surface area contributed by atoms with Gasteiger partial charge >= 0.3 is 12.2 Å². The van der Waals surface area contributed by atoms with E-state index in [2.05, 4.69) is 15.5 Å². The highest BCUT2D eigenvalue weighted by Crippen LogP contribution is 2.11. The number of hydrogen-bond acceptors (Lipinski definition) is 8. The monoisotopic (exact) mass is 672 g/mol. The van der Waals surface area contributed by atoms with E-state index in [4.69, 9.17) is 19.8 Å². The first-order valence-corrected chi connectivity index (χ1v) is 16.4. The molecule has 0 bridgehead atoms. The highest BCUT2D eigenvalue weighted by Gasteiger charge is 2.11. The summed E-state index contributed by atoms with van der Waals surface area (Å²) >= 11 is 0. The van der Waals surface area contributed by atoms with Gasteiger partial charge in [0.1, 0.15) is 13.2 Å². The molecule has 2 amide bonds. The SMILES string of the molecule is C[C@H](Cc1ccc(CCOO)cc1)NC(=O)OCc1ccccc1.C[C@H](Cc1ccc(C[C@H](O)CO)cc1)NC(=O)OCc1ccccc1. The molecule has 4 rings (SSSR count). The molecule has 10 heteroatoms. The smallest absolute Gasteiger partial charge is 0.407 e. The maximum absolute atomic E-state index is 11.8. The van der Waals surface area contributed by atoms with E-state index in [9.17, 15) is 14.7 Å². The van der Waals surface area contributed by atoms with Gasteiger partial charge in [-0.3, -0.25) is 5.26 Å². The topological polar surface area (TPSA) is 147 Å². The van der Waals surface area contributed by atoms with Crippen LogP contribution in [0, 0.1) is 0 Å². The van der Waals surface area contributed by atoms with Crippen molar-refractivity contribution in [3.05, 3.63) is 143 Å². The van der Waals surface area contributed by atoms with Gasteiger partial charge in [-0.25, -0.2) is 14.5 Å². The van der Waals surface area contributed by atoms with Crippen molar-refractivity contribution >= 4 is 12.2 Å². The zero-order valence-corrected chi connectivity index (χ0v) is 28.2. The summed E-state index contributed by atoms with van der Waals surface area (Å²) in [6, 6.07) is 34.8. The van der Waals surface area contributed by atoms with Gasteiger partial charge in [-0.05, 0) is 66.5 Å². The Labute approximate surface area is 288 Å². The molecule has 49 heavy (non-hydrogen) atoms. The van der Waals surface area contributed by atoms with Crippen molar-refractivity contribution in [2.75, 3.05) is 13.2 Å². The van der Waals surface area contributed by atoms with Gasteiger partial charge in [-0.1, -0.05) is 109 Å². The quantitative estimate of drug-likeness (QED) is 0.0718. The molecule has 0 aromatic heterocycles. The van der Waals surface area contributed by atoms with Crippen LogP contribution >= 0.6 is 0 Å². The molecule has 0 spiro atoms. The Balaban J connectivity index is 0.000000266. The largest absolute Gasteiger partial charge is 0.445 e. The number of amides is 2. The lowest BCUT2D eigenvalue weighted by Crippen LogP contribution is -2.34. The van der Waals surface area contributed by atoms with Crippen molar-refractivity contribution < 1.29 is 39.4 Å². The first-order chi connectivity index (χ1) is 23.7. The number of aliphatic hydroxyl groups excluding tert-OH is 2. The van der Waals surface area contributed by atoms with Gasteiger partial charge < -0.3 is 30.3 Å². The molecule has 4 aromatic rings. The van der Waals surface area contributed by atoms with Crippen LogP contribution in [0.4, 0.5) is 9.59 Å². The van der Waals surface area contributed by atoms with E-state index >= 15 is 0 Å². The van der Waals surface area contributed by atoms with Gasteiger partial charge in [-0.15, -0.1) is 0 Å². The Kier molecular flexibility index (Phi) is 17.4. The molecule has 4 aromatic carbocycles. The Bertz CT molecular complexity index is 1490. The summed E-state index contributed by atoms with van der Waals surface area (Å²) in [6.07, 6.45) is 0.917. The molecular weight excluding hydrogens is 624 g/mol. The Hall–Kier alpha value is -4.74. The van der Waals surface area contributed by atoms with Gasteiger partial charge in [0, 0.05) is 18.5 Å². The highest BCUT2D eigenvalue weighted by atomic mass is 17.1. The number of alkyl carbamates (subject to hydrolysis) is 2. The number of carbonyl (C=O) groups is 2. The summed E-state index contributed by atoms with van der Waals surface area (Å²) in [5.74, 6) is 0. The number of benzene rings is 4. The summed E-state index contributed by atoms with van der Waals surface area (Å²) < 4.78 is 10.4. The van der Waals surface area contributed by atoms with Crippen molar-refractivity contribution in [2.45, 2.75) is 70.9 Å². The average molecular weight is 673 g/mol. The molecule has 10 nitrogen and oxygen atoms in total. The fourth-order valence-electron chi connectivity index (χ4n) is 4.89. The fourth-order valence-corrected chi connectivity index (χ4v) is 4.89. The molecule has 0 radical (unpaired) electrons. The van der Waals surface area contributed by atoms with Gasteiger partial charge in [0.2, 0.25) is 0 Å². The number of rotatable bonds is 16. The summed E-state index contributed by atoms with van der Waals surface area (Å²) in [6.45, 7) is 4.42. The van der Waals surface area contributed by atoms with Crippen molar-refractivity contribution in [1.29, 1.82) is 0 Å². The molecule has 262 valence electrons. The molecule has 0 saturated carbocycles. The second-order valence-corrected chi connectivity index (χ2v) is 11.9. The fraction of sp³-hybridized carbons (Fsp3) is 0.333. The van der Waals surface area contributed by atoms with Gasteiger partial charge in [-0.2, -0.15) is 0 Å². The van der Waals surface area contributed by atoms with Gasteiger partial charge in [0.15, 0.2) is 0 Å². The number of ether oxygens (including phenoxy) is 2. The highest BCUT2D eigenvalue weighted by molar-refractivity contribution is 5.68. The predicted molar refractivity (Wildman–Crippen MR) is 188 cm³/mol.